The lowest BCUT2D eigenvalue weighted by Gasteiger charge is -2.07. The van der Waals surface area contributed by atoms with E-state index in [0.29, 0.717) is 17.6 Å². The van der Waals surface area contributed by atoms with E-state index in [2.05, 4.69) is 20.6 Å². The van der Waals surface area contributed by atoms with Gasteiger partial charge in [-0.25, -0.2) is 14.4 Å². The van der Waals surface area contributed by atoms with Crippen LogP contribution in [-0.2, 0) is 6.54 Å². The largest absolute Gasteiger partial charge is 0.351 e. The summed E-state index contributed by atoms with van der Waals surface area (Å²) in [6.45, 7) is 0.126. The Kier molecular flexibility index (Phi) is 3.77. The van der Waals surface area contributed by atoms with Gasteiger partial charge in [0.15, 0.2) is 0 Å². The first-order valence-corrected chi connectivity index (χ1v) is 6.83. The average Bonchev–Trinajstić information content (AvgIpc) is 3.30. The third-order valence-corrected chi connectivity index (χ3v) is 3.20. The van der Waals surface area contributed by atoms with Crippen LogP contribution in [0.5, 0.6) is 0 Å². The number of aromatic nitrogens is 2. The van der Waals surface area contributed by atoms with E-state index in [1.165, 1.54) is 18.3 Å². The molecule has 2 N–H and O–H groups in total. The predicted octanol–water partition coefficient (Wildman–Crippen LogP) is 2.12. The van der Waals surface area contributed by atoms with E-state index < -0.39 is 0 Å². The van der Waals surface area contributed by atoms with Gasteiger partial charge in [-0.05, 0) is 25.0 Å². The Balaban J connectivity index is 1.63. The van der Waals surface area contributed by atoms with Crippen LogP contribution in [0.25, 0.3) is 0 Å². The van der Waals surface area contributed by atoms with Gasteiger partial charge >= 0.3 is 0 Å². The third-order valence-electron chi connectivity index (χ3n) is 3.20. The molecule has 1 aliphatic carbocycles. The van der Waals surface area contributed by atoms with Gasteiger partial charge in [-0.15, -0.1) is 0 Å². The molecule has 0 bridgehead atoms. The van der Waals surface area contributed by atoms with Gasteiger partial charge in [-0.3, -0.25) is 4.79 Å². The standard InChI is InChI=1S/C15H15FN4O/c16-12-4-2-1-3-10(12)9-18-14(21)13-7-8-17-15(20-13)19-11-5-6-11/h1-4,7-8,11H,5-6,9H2,(H,18,21)(H,17,19,20). The number of carbonyl (C=O) groups is 1. The molecule has 21 heavy (non-hydrogen) atoms. The Morgan fingerprint density at radius 1 is 1.29 bits per heavy atom. The van der Waals surface area contributed by atoms with Crippen molar-refractivity contribution in [3.8, 4) is 0 Å². The van der Waals surface area contributed by atoms with Gasteiger partial charge in [0.2, 0.25) is 5.95 Å². The summed E-state index contributed by atoms with van der Waals surface area (Å²) < 4.78 is 13.5. The maximum absolute atomic E-state index is 13.5. The predicted molar refractivity (Wildman–Crippen MR) is 76.2 cm³/mol. The number of nitrogens with zero attached hydrogens (tertiary/aromatic N) is 2. The molecule has 108 valence electrons. The van der Waals surface area contributed by atoms with E-state index in [4.69, 9.17) is 0 Å². The average molecular weight is 286 g/mol. The maximum atomic E-state index is 13.5. The number of halogens is 1. The lowest BCUT2D eigenvalue weighted by atomic mass is 10.2. The van der Waals surface area contributed by atoms with E-state index in [-0.39, 0.29) is 24.0 Å². The van der Waals surface area contributed by atoms with Crippen molar-refractivity contribution in [1.82, 2.24) is 15.3 Å². The molecule has 0 radical (unpaired) electrons. The van der Waals surface area contributed by atoms with Gasteiger partial charge in [0, 0.05) is 24.3 Å². The Labute approximate surface area is 121 Å². The summed E-state index contributed by atoms with van der Waals surface area (Å²) in [5.74, 6) is -0.230. The van der Waals surface area contributed by atoms with E-state index >= 15 is 0 Å². The summed E-state index contributed by atoms with van der Waals surface area (Å²) in [5.41, 5.74) is 0.709. The summed E-state index contributed by atoms with van der Waals surface area (Å²) >= 11 is 0. The van der Waals surface area contributed by atoms with Gasteiger partial charge < -0.3 is 10.6 Å². The molecule has 1 aromatic heterocycles. The molecule has 0 saturated heterocycles. The van der Waals surface area contributed by atoms with E-state index in [1.807, 2.05) is 0 Å². The van der Waals surface area contributed by atoms with Crippen LogP contribution in [0.3, 0.4) is 0 Å². The minimum absolute atomic E-state index is 0.126. The second-order valence-corrected chi connectivity index (χ2v) is 4.96. The molecule has 6 heteroatoms. The van der Waals surface area contributed by atoms with Crippen LogP contribution in [0, 0.1) is 5.82 Å². The first-order valence-electron chi connectivity index (χ1n) is 6.83. The van der Waals surface area contributed by atoms with Crippen molar-refractivity contribution in [2.75, 3.05) is 5.32 Å². The van der Waals surface area contributed by atoms with Gasteiger partial charge in [0.1, 0.15) is 11.5 Å². The van der Waals surface area contributed by atoms with Crippen molar-refractivity contribution in [3.63, 3.8) is 0 Å². The van der Waals surface area contributed by atoms with Crippen LogP contribution in [0.1, 0.15) is 28.9 Å². The summed E-state index contributed by atoms with van der Waals surface area (Å²) in [5, 5.41) is 5.79. The SMILES string of the molecule is O=C(NCc1ccccc1F)c1ccnc(NC2CC2)n1. The second kappa shape index (κ2) is 5.87. The molecule has 0 aliphatic heterocycles. The van der Waals surface area contributed by atoms with E-state index in [1.54, 1.807) is 18.2 Å². The molecular formula is C15H15FN4O. The minimum Gasteiger partial charge on any atom is -0.351 e. The highest BCUT2D eigenvalue weighted by atomic mass is 19.1. The van der Waals surface area contributed by atoms with Gasteiger partial charge in [0.25, 0.3) is 5.91 Å². The summed E-state index contributed by atoms with van der Waals surface area (Å²) in [4.78, 5) is 20.3. The van der Waals surface area contributed by atoms with E-state index in [0.717, 1.165) is 12.8 Å². The molecule has 2 aromatic rings. The monoisotopic (exact) mass is 286 g/mol. The molecule has 1 fully saturated rings. The molecule has 0 unspecified atom stereocenters. The van der Waals surface area contributed by atoms with Crippen molar-refractivity contribution >= 4 is 11.9 Å². The number of amides is 1. The van der Waals surface area contributed by atoms with E-state index in [9.17, 15) is 9.18 Å². The van der Waals surface area contributed by atoms with Crippen LogP contribution in [0.4, 0.5) is 10.3 Å². The summed E-state index contributed by atoms with van der Waals surface area (Å²) in [7, 11) is 0. The zero-order valence-corrected chi connectivity index (χ0v) is 11.3. The highest BCUT2D eigenvalue weighted by Crippen LogP contribution is 2.22. The number of hydrogen-bond donors (Lipinski definition) is 2. The fraction of sp³-hybridized carbons (Fsp3) is 0.267. The fourth-order valence-corrected chi connectivity index (χ4v) is 1.87. The van der Waals surface area contributed by atoms with Gasteiger partial charge in [-0.1, -0.05) is 18.2 Å². The molecular weight excluding hydrogens is 271 g/mol. The Morgan fingerprint density at radius 2 is 2.10 bits per heavy atom. The van der Waals surface area contributed by atoms with Crippen molar-refractivity contribution in [2.45, 2.75) is 25.4 Å². The van der Waals surface area contributed by atoms with Crippen molar-refractivity contribution in [3.05, 3.63) is 53.6 Å². The first-order chi connectivity index (χ1) is 10.2. The molecule has 0 spiro atoms. The molecule has 1 amide bonds. The first kappa shape index (κ1) is 13.5. The van der Waals surface area contributed by atoms with Gasteiger partial charge in [0.05, 0.1) is 0 Å². The molecule has 1 aromatic carbocycles. The molecule has 1 heterocycles. The number of hydrogen-bond acceptors (Lipinski definition) is 4. The van der Waals surface area contributed by atoms with Gasteiger partial charge in [-0.2, -0.15) is 0 Å². The van der Waals surface area contributed by atoms with Crippen LogP contribution < -0.4 is 10.6 Å². The molecule has 1 saturated carbocycles. The third kappa shape index (κ3) is 3.53. The highest BCUT2D eigenvalue weighted by Gasteiger charge is 2.22. The lowest BCUT2D eigenvalue weighted by Crippen LogP contribution is -2.24. The number of anilines is 1. The van der Waals surface area contributed by atoms with Crippen molar-refractivity contribution in [2.24, 2.45) is 0 Å². The van der Waals surface area contributed by atoms with Crippen LogP contribution in [-0.4, -0.2) is 21.9 Å². The van der Waals surface area contributed by atoms with Crippen LogP contribution in [0.2, 0.25) is 0 Å². The van der Waals surface area contributed by atoms with Crippen molar-refractivity contribution < 1.29 is 9.18 Å². The minimum atomic E-state index is -0.348. The zero-order valence-electron chi connectivity index (χ0n) is 11.3. The number of rotatable bonds is 5. The molecule has 5 nitrogen and oxygen atoms in total. The van der Waals surface area contributed by atoms with Crippen molar-refractivity contribution in [1.29, 1.82) is 0 Å². The normalized spacial score (nSPS) is 13.8. The smallest absolute Gasteiger partial charge is 0.270 e. The highest BCUT2D eigenvalue weighted by molar-refractivity contribution is 5.92. The molecule has 1 aliphatic rings. The fourth-order valence-electron chi connectivity index (χ4n) is 1.87. The Morgan fingerprint density at radius 3 is 2.86 bits per heavy atom. The molecule has 3 rings (SSSR count). The Hall–Kier alpha value is -2.50. The zero-order chi connectivity index (χ0) is 14.7. The Bertz CT molecular complexity index is 658. The molecule has 0 atom stereocenters. The van der Waals surface area contributed by atoms with Crippen LogP contribution in [0.15, 0.2) is 36.5 Å². The number of benzene rings is 1. The second-order valence-electron chi connectivity index (χ2n) is 4.96. The lowest BCUT2D eigenvalue weighted by molar-refractivity contribution is 0.0945. The topological polar surface area (TPSA) is 66.9 Å². The summed E-state index contributed by atoms with van der Waals surface area (Å²) in [6, 6.07) is 8.30. The number of nitrogens with one attached hydrogen (secondary N) is 2. The maximum Gasteiger partial charge on any atom is 0.270 e. The number of carbonyl (C=O) groups excluding carboxylic acids is 1. The van der Waals surface area contributed by atoms with Crippen LogP contribution >= 0.6 is 0 Å². The quantitative estimate of drug-likeness (QED) is 0.883. The summed E-state index contributed by atoms with van der Waals surface area (Å²) in [6.07, 6.45) is 3.75.